The lowest BCUT2D eigenvalue weighted by atomic mass is 10.8. The predicted molar refractivity (Wildman–Crippen MR) is 32.0 cm³/mol. The van der Waals surface area contributed by atoms with Crippen molar-refractivity contribution in [2.45, 2.75) is 6.92 Å². The molecule has 0 rings (SSSR count). The Morgan fingerprint density at radius 3 is 2.67 bits per heavy atom. The van der Waals surface area contributed by atoms with Crippen molar-refractivity contribution in [2.75, 3.05) is 0 Å². The van der Waals surface area contributed by atoms with Gasteiger partial charge in [0.15, 0.2) is 0 Å². The summed E-state index contributed by atoms with van der Waals surface area (Å²) in [5.41, 5.74) is 0. The molecule has 0 N–H and O–H groups in total. The number of rotatable bonds is 2. The van der Waals surface area contributed by atoms with E-state index >= 15 is 0 Å². The molecule has 0 radical (unpaired) electrons. The third-order valence-electron chi connectivity index (χ3n) is 0.271. The summed E-state index contributed by atoms with van der Waals surface area (Å²) in [7, 11) is 0. The van der Waals surface area contributed by atoms with Gasteiger partial charge in [0.25, 0.3) is 0 Å². The highest BCUT2D eigenvalue weighted by molar-refractivity contribution is 8.00. The van der Waals surface area contributed by atoms with Gasteiger partial charge >= 0.3 is 0 Å². The highest BCUT2D eigenvalue weighted by atomic mass is 32.2. The summed E-state index contributed by atoms with van der Waals surface area (Å²) in [6.45, 7) is 5.20. The summed E-state index contributed by atoms with van der Waals surface area (Å²) in [5.74, 6) is 0. The summed E-state index contributed by atoms with van der Waals surface area (Å²) in [4.78, 5) is 0. The van der Waals surface area contributed by atoms with Crippen LogP contribution in [0.2, 0.25) is 0 Å². The van der Waals surface area contributed by atoms with Gasteiger partial charge in [-0.1, -0.05) is 6.08 Å². The normalized spacial score (nSPS) is 9.50. The van der Waals surface area contributed by atoms with Gasteiger partial charge in [0, 0.05) is 11.9 Å². The van der Waals surface area contributed by atoms with Gasteiger partial charge in [0.1, 0.15) is 0 Å². The van der Waals surface area contributed by atoms with Crippen LogP contribution in [-0.2, 0) is 0 Å². The molecule has 0 aliphatic rings. The number of hydrogen-bond donors (Lipinski definition) is 0. The van der Waals surface area contributed by atoms with E-state index in [2.05, 4.69) is 11.1 Å². The fraction of sp³-hybridized carbons (Fsp3) is 0.250. The summed E-state index contributed by atoms with van der Waals surface area (Å²) in [6, 6.07) is 0. The molecule has 0 aromatic carbocycles. The molecule has 0 spiro atoms. The first-order valence-corrected chi connectivity index (χ1v) is 2.48. The highest BCUT2D eigenvalue weighted by Crippen LogP contribution is 1.98. The third-order valence-corrected chi connectivity index (χ3v) is 0.814. The van der Waals surface area contributed by atoms with Crippen LogP contribution in [-0.4, -0.2) is 6.72 Å². The molecule has 0 unspecified atom stereocenters. The fourth-order valence-electron chi connectivity index (χ4n) is 0.104. The Labute approximate surface area is 42.3 Å². The number of nitrogens with zero attached hydrogens (tertiary/aromatic N) is 1. The second-order valence-corrected chi connectivity index (χ2v) is 1.45. The van der Waals surface area contributed by atoms with Crippen LogP contribution < -0.4 is 0 Å². The first-order chi connectivity index (χ1) is 2.91. The van der Waals surface area contributed by atoms with Crippen molar-refractivity contribution in [1.82, 2.24) is 0 Å². The average Bonchev–Trinajstić information content (AvgIpc) is 1.61. The molecule has 0 fully saturated rings. The van der Waals surface area contributed by atoms with Gasteiger partial charge in [-0.2, -0.15) is 0 Å². The average molecular weight is 101 g/mol. The molecule has 0 aliphatic heterocycles. The lowest BCUT2D eigenvalue weighted by Gasteiger charge is -1.69. The van der Waals surface area contributed by atoms with E-state index < -0.39 is 0 Å². The van der Waals surface area contributed by atoms with Gasteiger partial charge in [0.2, 0.25) is 0 Å². The first-order valence-electron chi connectivity index (χ1n) is 1.65. The monoisotopic (exact) mass is 101 g/mol. The molecular weight excluding hydrogens is 94.1 g/mol. The minimum Gasteiger partial charge on any atom is -0.228 e. The Bertz CT molecular complexity index is 58.6. The van der Waals surface area contributed by atoms with Gasteiger partial charge < -0.3 is 0 Å². The molecule has 2 heteroatoms. The van der Waals surface area contributed by atoms with Gasteiger partial charge in [-0.3, -0.25) is 0 Å². The van der Waals surface area contributed by atoms with Crippen LogP contribution in [0.1, 0.15) is 6.92 Å². The smallest absolute Gasteiger partial charge is 0.00114 e. The molecule has 0 aromatic heterocycles. The van der Waals surface area contributed by atoms with Crippen LogP contribution in [0.3, 0.4) is 0 Å². The van der Waals surface area contributed by atoms with E-state index in [1.807, 2.05) is 18.4 Å². The van der Waals surface area contributed by atoms with Gasteiger partial charge in [-0.25, -0.2) is 4.40 Å². The molecule has 0 aliphatic carbocycles. The van der Waals surface area contributed by atoms with E-state index in [0.717, 1.165) is 0 Å². The van der Waals surface area contributed by atoms with Gasteiger partial charge in [0.05, 0.1) is 0 Å². The molecular formula is C4H7NS. The standard InChI is InChI=1S/C4H7NS/c1-3-4-6-5-2/h3-4H,2H2,1H3. The molecule has 0 saturated carbocycles. The Hall–Kier alpha value is -0.240. The quantitative estimate of drug-likeness (QED) is 0.382. The molecule has 1 nitrogen and oxygen atoms in total. The molecule has 34 valence electrons. The predicted octanol–water partition coefficient (Wildman–Crippen LogP) is 1.87. The maximum absolute atomic E-state index is 3.51. The molecule has 0 aromatic rings. The molecule has 0 bridgehead atoms. The van der Waals surface area contributed by atoms with Crippen LogP contribution in [0.15, 0.2) is 15.9 Å². The summed E-state index contributed by atoms with van der Waals surface area (Å²) < 4.78 is 3.51. The zero-order valence-electron chi connectivity index (χ0n) is 3.72. The Kier molecular flexibility index (Phi) is 4.57. The summed E-state index contributed by atoms with van der Waals surface area (Å²) in [5, 5.41) is 1.87. The molecule has 0 amide bonds. The largest absolute Gasteiger partial charge is 0.228 e. The number of hydrogen-bond acceptors (Lipinski definition) is 2. The zero-order valence-corrected chi connectivity index (χ0v) is 4.53. The first kappa shape index (κ1) is 5.76. The maximum atomic E-state index is 3.51. The second kappa shape index (κ2) is 4.76. The van der Waals surface area contributed by atoms with Crippen molar-refractivity contribution >= 4 is 18.7 Å². The van der Waals surface area contributed by atoms with Gasteiger partial charge in [-0.15, -0.1) is 0 Å². The van der Waals surface area contributed by atoms with Crippen molar-refractivity contribution in [3.8, 4) is 0 Å². The SMILES string of the molecule is C=NSC=CC. The van der Waals surface area contributed by atoms with Crippen LogP contribution in [0, 0.1) is 0 Å². The highest BCUT2D eigenvalue weighted by Gasteiger charge is 1.58. The summed E-state index contributed by atoms with van der Waals surface area (Å²) in [6.07, 6.45) is 1.92. The van der Waals surface area contributed by atoms with Crippen molar-refractivity contribution in [3.05, 3.63) is 11.5 Å². The minimum absolute atomic E-state index is 1.34. The molecule has 0 atom stereocenters. The van der Waals surface area contributed by atoms with E-state index in [1.54, 1.807) is 0 Å². The number of allylic oxidation sites excluding steroid dienone is 1. The Balaban J connectivity index is 2.85. The van der Waals surface area contributed by atoms with Crippen LogP contribution in [0.5, 0.6) is 0 Å². The fourth-order valence-corrected chi connectivity index (χ4v) is 0.312. The Morgan fingerprint density at radius 1 is 1.83 bits per heavy atom. The van der Waals surface area contributed by atoms with Gasteiger partial charge in [-0.05, 0) is 19.0 Å². The van der Waals surface area contributed by atoms with E-state index in [0.29, 0.717) is 0 Å². The third kappa shape index (κ3) is 3.76. The van der Waals surface area contributed by atoms with E-state index in [-0.39, 0.29) is 0 Å². The van der Waals surface area contributed by atoms with E-state index in [9.17, 15) is 0 Å². The van der Waals surface area contributed by atoms with Crippen LogP contribution in [0.4, 0.5) is 0 Å². The minimum atomic E-state index is 1.34. The van der Waals surface area contributed by atoms with Crippen LogP contribution in [0.25, 0.3) is 0 Å². The van der Waals surface area contributed by atoms with E-state index in [1.165, 1.54) is 11.9 Å². The second-order valence-electron chi connectivity index (χ2n) is 0.704. The van der Waals surface area contributed by atoms with E-state index in [4.69, 9.17) is 0 Å². The molecule has 0 saturated heterocycles. The topological polar surface area (TPSA) is 12.4 Å². The van der Waals surface area contributed by atoms with Crippen LogP contribution >= 0.6 is 11.9 Å². The molecule has 6 heavy (non-hydrogen) atoms. The lowest BCUT2D eigenvalue weighted by molar-refractivity contribution is 1.78. The summed E-state index contributed by atoms with van der Waals surface area (Å²) >= 11 is 1.34. The maximum Gasteiger partial charge on any atom is 0.00114 e. The molecule has 0 heterocycles. The van der Waals surface area contributed by atoms with Crippen molar-refractivity contribution in [3.63, 3.8) is 0 Å². The van der Waals surface area contributed by atoms with Crippen molar-refractivity contribution < 1.29 is 0 Å². The zero-order chi connectivity index (χ0) is 4.83. The van der Waals surface area contributed by atoms with Crippen molar-refractivity contribution in [1.29, 1.82) is 0 Å². The lowest BCUT2D eigenvalue weighted by Crippen LogP contribution is -1.36. The van der Waals surface area contributed by atoms with Crippen molar-refractivity contribution in [2.24, 2.45) is 4.40 Å². The Morgan fingerprint density at radius 2 is 2.50 bits per heavy atom.